The molecule has 1 aromatic heterocycles. The zero-order chi connectivity index (χ0) is 16.8. The Labute approximate surface area is 138 Å². The lowest BCUT2D eigenvalue weighted by atomic mass is 10.2. The number of amides is 1. The molecule has 0 radical (unpaired) electrons. The maximum Gasteiger partial charge on any atom is 0.409 e. The number of hydrogen-bond donors (Lipinski definition) is 0. The Hall–Kier alpha value is -1.63. The van der Waals surface area contributed by atoms with Gasteiger partial charge in [-0.2, -0.15) is 0 Å². The molecule has 7 nitrogen and oxygen atoms in total. The first-order chi connectivity index (χ1) is 11.0. The van der Waals surface area contributed by atoms with Gasteiger partial charge in [0.2, 0.25) is 11.8 Å². The molecule has 0 aliphatic carbocycles. The van der Waals surface area contributed by atoms with Crippen LogP contribution in [0.5, 0.6) is 0 Å². The van der Waals surface area contributed by atoms with Gasteiger partial charge in [-0.05, 0) is 19.3 Å². The van der Waals surface area contributed by atoms with Gasteiger partial charge >= 0.3 is 6.09 Å². The summed E-state index contributed by atoms with van der Waals surface area (Å²) in [6.07, 6.45) is 1.45. The van der Waals surface area contributed by atoms with E-state index in [1.165, 1.54) is 0 Å². The van der Waals surface area contributed by atoms with Crippen molar-refractivity contribution < 1.29 is 13.9 Å². The van der Waals surface area contributed by atoms with Crippen LogP contribution in [0.1, 0.15) is 51.9 Å². The third-order valence-corrected chi connectivity index (χ3v) is 4.02. The number of rotatable bonds is 5. The van der Waals surface area contributed by atoms with Crippen molar-refractivity contribution >= 4 is 6.09 Å². The summed E-state index contributed by atoms with van der Waals surface area (Å²) in [5.41, 5.74) is 0. The summed E-state index contributed by atoms with van der Waals surface area (Å²) in [7, 11) is 0. The van der Waals surface area contributed by atoms with Crippen LogP contribution in [0.15, 0.2) is 4.42 Å². The lowest BCUT2D eigenvalue weighted by molar-refractivity contribution is 0.0920. The first-order valence-corrected chi connectivity index (χ1v) is 8.49. The third-order valence-electron chi connectivity index (χ3n) is 4.02. The number of aryl methyl sites for hydroxylation is 1. The summed E-state index contributed by atoms with van der Waals surface area (Å²) in [6.45, 7) is 11.7. The highest BCUT2D eigenvalue weighted by Crippen LogP contribution is 2.21. The minimum absolute atomic E-state index is 0.0643. The Morgan fingerprint density at radius 3 is 2.65 bits per heavy atom. The Morgan fingerprint density at radius 2 is 2.00 bits per heavy atom. The highest BCUT2D eigenvalue weighted by molar-refractivity contribution is 5.67. The van der Waals surface area contributed by atoms with Crippen LogP contribution in [0.25, 0.3) is 0 Å². The first-order valence-electron chi connectivity index (χ1n) is 8.49. The highest BCUT2D eigenvalue weighted by atomic mass is 16.6. The van der Waals surface area contributed by atoms with Gasteiger partial charge in [-0.15, -0.1) is 10.2 Å². The monoisotopic (exact) mass is 324 g/mol. The lowest BCUT2D eigenvalue weighted by Gasteiger charge is -2.25. The van der Waals surface area contributed by atoms with Crippen molar-refractivity contribution in [1.29, 1.82) is 0 Å². The van der Waals surface area contributed by atoms with E-state index in [4.69, 9.17) is 9.15 Å². The molecule has 0 bridgehead atoms. The Morgan fingerprint density at radius 1 is 1.22 bits per heavy atom. The molecule has 7 heteroatoms. The summed E-state index contributed by atoms with van der Waals surface area (Å²) >= 11 is 0. The molecule has 2 heterocycles. The maximum absolute atomic E-state index is 12.1. The molecule has 0 saturated carbocycles. The molecule has 1 amide bonds. The second-order valence-electron chi connectivity index (χ2n) is 6.41. The van der Waals surface area contributed by atoms with E-state index in [0.717, 1.165) is 32.5 Å². The topological polar surface area (TPSA) is 71.7 Å². The molecule has 1 aromatic rings. The van der Waals surface area contributed by atoms with Crippen LogP contribution in [0.4, 0.5) is 4.79 Å². The van der Waals surface area contributed by atoms with Gasteiger partial charge in [0.05, 0.1) is 12.6 Å². The van der Waals surface area contributed by atoms with Crippen molar-refractivity contribution in [3.63, 3.8) is 0 Å². The fourth-order valence-corrected chi connectivity index (χ4v) is 2.57. The summed E-state index contributed by atoms with van der Waals surface area (Å²) in [4.78, 5) is 16.2. The average molecular weight is 324 g/mol. The standard InChI is InChI=1S/C16H28N4O3/c1-5-14-17-18-15(23-14)13(4)19-7-6-8-20(10-9-19)16(21)22-11-12(2)3/h12-13H,5-11H2,1-4H3. The smallest absolute Gasteiger partial charge is 0.409 e. The van der Waals surface area contributed by atoms with Crippen LogP contribution in [0.2, 0.25) is 0 Å². The molecule has 1 atom stereocenters. The van der Waals surface area contributed by atoms with Gasteiger partial charge in [0.1, 0.15) is 0 Å². The molecular formula is C16H28N4O3. The van der Waals surface area contributed by atoms with Crippen LogP contribution in [-0.2, 0) is 11.2 Å². The molecule has 130 valence electrons. The second kappa shape index (κ2) is 8.29. The van der Waals surface area contributed by atoms with E-state index in [1.54, 1.807) is 4.90 Å². The lowest BCUT2D eigenvalue weighted by Crippen LogP contribution is -2.36. The largest absolute Gasteiger partial charge is 0.449 e. The number of carbonyl (C=O) groups is 1. The zero-order valence-corrected chi connectivity index (χ0v) is 14.6. The van der Waals surface area contributed by atoms with Crippen LogP contribution in [-0.4, -0.2) is 58.9 Å². The van der Waals surface area contributed by atoms with Gasteiger partial charge in [0.15, 0.2) is 0 Å². The van der Waals surface area contributed by atoms with E-state index in [1.807, 2.05) is 20.8 Å². The zero-order valence-electron chi connectivity index (χ0n) is 14.6. The highest BCUT2D eigenvalue weighted by Gasteiger charge is 2.26. The molecule has 1 fully saturated rings. The fraction of sp³-hybridized carbons (Fsp3) is 0.812. The van der Waals surface area contributed by atoms with E-state index in [0.29, 0.717) is 30.9 Å². The Balaban J connectivity index is 1.88. The van der Waals surface area contributed by atoms with E-state index < -0.39 is 0 Å². The molecule has 0 N–H and O–H groups in total. The molecule has 0 aromatic carbocycles. The maximum atomic E-state index is 12.1. The van der Waals surface area contributed by atoms with Crippen LogP contribution < -0.4 is 0 Å². The number of carbonyl (C=O) groups excluding carboxylic acids is 1. The van der Waals surface area contributed by atoms with Crippen molar-refractivity contribution in [2.75, 3.05) is 32.8 Å². The summed E-state index contributed by atoms with van der Waals surface area (Å²) < 4.78 is 11.0. The second-order valence-corrected chi connectivity index (χ2v) is 6.41. The summed E-state index contributed by atoms with van der Waals surface area (Å²) in [5.74, 6) is 1.67. The number of aromatic nitrogens is 2. The predicted molar refractivity (Wildman–Crippen MR) is 86.0 cm³/mol. The molecule has 1 aliphatic rings. The van der Waals surface area contributed by atoms with Crippen molar-refractivity contribution in [1.82, 2.24) is 20.0 Å². The quantitative estimate of drug-likeness (QED) is 0.828. The van der Waals surface area contributed by atoms with Crippen molar-refractivity contribution in [2.24, 2.45) is 5.92 Å². The van der Waals surface area contributed by atoms with Gasteiger partial charge in [0.25, 0.3) is 0 Å². The van der Waals surface area contributed by atoms with Gasteiger partial charge in [0, 0.05) is 32.6 Å². The van der Waals surface area contributed by atoms with Crippen LogP contribution in [0, 0.1) is 5.92 Å². The average Bonchev–Trinajstić information content (AvgIpc) is 2.88. The van der Waals surface area contributed by atoms with E-state index >= 15 is 0 Å². The third kappa shape index (κ3) is 4.92. The number of ether oxygens (including phenoxy) is 1. The predicted octanol–water partition coefficient (Wildman–Crippen LogP) is 2.49. The van der Waals surface area contributed by atoms with E-state index in [2.05, 4.69) is 22.0 Å². The molecule has 1 aliphatic heterocycles. The Kier molecular flexibility index (Phi) is 6.38. The molecule has 1 saturated heterocycles. The SMILES string of the molecule is CCc1nnc(C(C)N2CCCN(C(=O)OCC(C)C)CC2)o1. The molecule has 23 heavy (non-hydrogen) atoms. The van der Waals surface area contributed by atoms with Crippen LogP contribution >= 0.6 is 0 Å². The molecule has 0 spiro atoms. The fourth-order valence-electron chi connectivity index (χ4n) is 2.57. The van der Waals surface area contributed by atoms with E-state index in [-0.39, 0.29) is 12.1 Å². The first kappa shape index (κ1) is 17.7. The molecule has 2 rings (SSSR count). The van der Waals surface area contributed by atoms with Crippen molar-refractivity contribution in [3.05, 3.63) is 11.8 Å². The normalized spacial score (nSPS) is 18.0. The van der Waals surface area contributed by atoms with Gasteiger partial charge < -0.3 is 14.1 Å². The van der Waals surface area contributed by atoms with E-state index in [9.17, 15) is 4.79 Å². The van der Waals surface area contributed by atoms with Gasteiger partial charge in [-0.3, -0.25) is 4.90 Å². The summed E-state index contributed by atoms with van der Waals surface area (Å²) in [5, 5.41) is 8.16. The molecular weight excluding hydrogens is 296 g/mol. The van der Waals surface area contributed by atoms with Crippen molar-refractivity contribution in [2.45, 2.75) is 46.6 Å². The minimum atomic E-state index is -0.209. The number of nitrogens with zero attached hydrogens (tertiary/aromatic N) is 4. The number of hydrogen-bond acceptors (Lipinski definition) is 6. The summed E-state index contributed by atoms with van der Waals surface area (Å²) in [6, 6.07) is 0.0643. The minimum Gasteiger partial charge on any atom is -0.449 e. The van der Waals surface area contributed by atoms with Gasteiger partial charge in [-0.1, -0.05) is 20.8 Å². The molecule has 1 unspecified atom stereocenters. The van der Waals surface area contributed by atoms with Gasteiger partial charge in [-0.25, -0.2) is 4.79 Å². The Bertz CT molecular complexity index is 503. The van der Waals surface area contributed by atoms with Crippen LogP contribution in [0.3, 0.4) is 0 Å². The van der Waals surface area contributed by atoms with Crippen molar-refractivity contribution in [3.8, 4) is 0 Å².